The lowest BCUT2D eigenvalue weighted by molar-refractivity contribution is 0.132. The van der Waals surface area contributed by atoms with E-state index in [2.05, 4.69) is 5.32 Å². The van der Waals surface area contributed by atoms with Gasteiger partial charge in [-0.15, -0.1) is 0 Å². The molecule has 0 spiro atoms. The fraction of sp³-hybridized carbons (Fsp3) is 0.133. The summed E-state index contributed by atoms with van der Waals surface area (Å²) in [5.74, 6) is -0.495. The summed E-state index contributed by atoms with van der Waals surface area (Å²) in [5, 5.41) is 3.42. The molecule has 1 heterocycles. The van der Waals surface area contributed by atoms with Crippen LogP contribution in [0.3, 0.4) is 0 Å². The lowest BCUT2D eigenvalue weighted by atomic mass is 9.96. The normalized spacial score (nSPS) is 21.0. The minimum absolute atomic E-state index is 0.292. The predicted octanol–water partition coefficient (Wildman–Crippen LogP) is 4.65. The van der Waals surface area contributed by atoms with Gasteiger partial charge in [0.2, 0.25) is 0 Å². The van der Waals surface area contributed by atoms with Crippen molar-refractivity contribution in [3.05, 3.63) is 69.5 Å². The smallest absolute Gasteiger partial charge is 0.408 e. The van der Waals surface area contributed by atoms with E-state index >= 15 is 0 Å². The van der Waals surface area contributed by atoms with Gasteiger partial charge in [-0.25, -0.2) is 9.18 Å². The minimum Gasteiger partial charge on any atom is -0.439 e. The fourth-order valence-corrected chi connectivity index (χ4v) is 2.72. The maximum absolute atomic E-state index is 14.1. The van der Waals surface area contributed by atoms with Crippen molar-refractivity contribution >= 4 is 29.3 Å². The highest BCUT2D eigenvalue weighted by molar-refractivity contribution is 6.30. The summed E-state index contributed by atoms with van der Waals surface area (Å²) in [4.78, 5) is 11.6. The summed E-state index contributed by atoms with van der Waals surface area (Å²) in [6.45, 7) is 0. The molecule has 0 bridgehead atoms. The molecule has 0 aromatic heterocycles. The van der Waals surface area contributed by atoms with E-state index < -0.39 is 24.1 Å². The molecule has 0 saturated carbocycles. The molecule has 1 N–H and O–H groups in total. The molecule has 2 aromatic carbocycles. The molecule has 1 amide bonds. The van der Waals surface area contributed by atoms with Crippen LogP contribution in [0.25, 0.3) is 0 Å². The van der Waals surface area contributed by atoms with Gasteiger partial charge in [-0.1, -0.05) is 41.4 Å². The molecule has 108 valence electrons. The van der Waals surface area contributed by atoms with E-state index in [0.717, 1.165) is 0 Å². The number of cyclic esters (lactones) is 1. The number of hydrogen-bond acceptors (Lipinski definition) is 2. The van der Waals surface area contributed by atoms with E-state index in [0.29, 0.717) is 21.2 Å². The largest absolute Gasteiger partial charge is 0.439 e. The van der Waals surface area contributed by atoms with Crippen LogP contribution in [0, 0.1) is 5.82 Å². The summed E-state index contributed by atoms with van der Waals surface area (Å²) in [7, 11) is 0. The Morgan fingerprint density at radius 1 is 1.10 bits per heavy atom. The van der Waals surface area contributed by atoms with Crippen molar-refractivity contribution in [1.82, 2.24) is 5.32 Å². The SMILES string of the molecule is O=C1NC(c2ccc(Cl)cc2F)C(c2cccc(Cl)c2)O1. The fourth-order valence-electron chi connectivity index (χ4n) is 2.36. The highest BCUT2D eigenvalue weighted by atomic mass is 35.5. The van der Waals surface area contributed by atoms with Crippen LogP contribution in [0.4, 0.5) is 9.18 Å². The Labute approximate surface area is 130 Å². The number of carbonyl (C=O) groups excluding carboxylic acids is 1. The molecule has 6 heteroatoms. The zero-order valence-corrected chi connectivity index (χ0v) is 12.2. The van der Waals surface area contributed by atoms with Crippen molar-refractivity contribution < 1.29 is 13.9 Å². The number of alkyl carbamates (subject to hydrolysis) is 1. The molecule has 3 rings (SSSR count). The van der Waals surface area contributed by atoms with E-state index in [9.17, 15) is 9.18 Å². The van der Waals surface area contributed by atoms with E-state index in [1.807, 2.05) is 0 Å². The van der Waals surface area contributed by atoms with Crippen molar-refractivity contribution in [1.29, 1.82) is 0 Å². The highest BCUT2D eigenvalue weighted by Crippen LogP contribution is 2.38. The van der Waals surface area contributed by atoms with Crippen LogP contribution < -0.4 is 5.32 Å². The van der Waals surface area contributed by atoms with Gasteiger partial charge < -0.3 is 10.1 Å². The first-order valence-electron chi connectivity index (χ1n) is 6.22. The lowest BCUT2D eigenvalue weighted by Gasteiger charge is -2.18. The second-order valence-corrected chi connectivity index (χ2v) is 5.54. The Morgan fingerprint density at radius 3 is 2.57 bits per heavy atom. The zero-order valence-electron chi connectivity index (χ0n) is 10.6. The monoisotopic (exact) mass is 325 g/mol. The summed E-state index contributed by atoms with van der Waals surface area (Å²) in [5.41, 5.74) is 1.01. The number of carbonyl (C=O) groups is 1. The third-order valence-corrected chi connectivity index (χ3v) is 3.76. The highest BCUT2D eigenvalue weighted by Gasteiger charge is 2.37. The molecular formula is C15H10Cl2FNO2. The van der Waals surface area contributed by atoms with Crippen molar-refractivity contribution in [2.24, 2.45) is 0 Å². The molecule has 2 unspecified atom stereocenters. The molecule has 21 heavy (non-hydrogen) atoms. The van der Waals surface area contributed by atoms with E-state index in [-0.39, 0.29) is 0 Å². The minimum atomic E-state index is -0.646. The molecule has 1 aliphatic rings. The maximum atomic E-state index is 14.1. The Hall–Kier alpha value is -1.78. The van der Waals surface area contributed by atoms with Crippen LogP contribution in [0.1, 0.15) is 23.3 Å². The molecular weight excluding hydrogens is 316 g/mol. The number of benzene rings is 2. The summed E-state index contributed by atoms with van der Waals surface area (Å²) < 4.78 is 19.3. The second kappa shape index (κ2) is 5.54. The summed E-state index contributed by atoms with van der Waals surface area (Å²) in [6, 6.07) is 10.6. The van der Waals surface area contributed by atoms with Gasteiger partial charge in [-0.3, -0.25) is 0 Å². The van der Waals surface area contributed by atoms with Crippen LogP contribution in [-0.2, 0) is 4.74 Å². The summed E-state index contributed by atoms with van der Waals surface area (Å²) >= 11 is 11.7. The number of nitrogens with one attached hydrogen (secondary N) is 1. The van der Waals surface area contributed by atoms with Gasteiger partial charge in [0.1, 0.15) is 11.9 Å². The van der Waals surface area contributed by atoms with Crippen LogP contribution in [0.2, 0.25) is 10.0 Å². The average molecular weight is 326 g/mol. The molecule has 0 radical (unpaired) electrons. The first kappa shape index (κ1) is 14.2. The van der Waals surface area contributed by atoms with Gasteiger partial charge in [-0.05, 0) is 29.8 Å². The quantitative estimate of drug-likeness (QED) is 0.872. The van der Waals surface area contributed by atoms with Crippen LogP contribution in [0.15, 0.2) is 42.5 Å². The molecule has 1 aliphatic heterocycles. The zero-order chi connectivity index (χ0) is 15.0. The standard InChI is InChI=1S/C15H10Cl2FNO2/c16-9-3-1-2-8(6-9)14-13(19-15(20)21-14)11-5-4-10(17)7-12(11)18/h1-7,13-14H,(H,19,20). The van der Waals surface area contributed by atoms with Crippen molar-refractivity contribution in [2.45, 2.75) is 12.1 Å². The van der Waals surface area contributed by atoms with E-state index in [4.69, 9.17) is 27.9 Å². The van der Waals surface area contributed by atoms with E-state index in [1.165, 1.54) is 12.1 Å². The molecule has 2 atom stereocenters. The topological polar surface area (TPSA) is 38.3 Å². The lowest BCUT2D eigenvalue weighted by Crippen LogP contribution is -2.20. The van der Waals surface area contributed by atoms with Crippen molar-refractivity contribution in [3.8, 4) is 0 Å². The molecule has 1 saturated heterocycles. The first-order chi connectivity index (χ1) is 10.0. The maximum Gasteiger partial charge on any atom is 0.408 e. The third kappa shape index (κ3) is 2.82. The third-order valence-electron chi connectivity index (χ3n) is 3.28. The second-order valence-electron chi connectivity index (χ2n) is 4.67. The van der Waals surface area contributed by atoms with Gasteiger partial charge in [0, 0.05) is 15.6 Å². The van der Waals surface area contributed by atoms with E-state index in [1.54, 1.807) is 30.3 Å². The van der Waals surface area contributed by atoms with Gasteiger partial charge in [0.05, 0.1) is 0 Å². The number of hydrogen-bond donors (Lipinski definition) is 1. The Balaban J connectivity index is 2.01. The molecule has 0 aliphatic carbocycles. The Morgan fingerprint density at radius 2 is 1.86 bits per heavy atom. The number of amides is 1. The Kier molecular flexibility index (Phi) is 3.74. The summed E-state index contributed by atoms with van der Waals surface area (Å²) in [6.07, 6.45) is -1.24. The van der Waals surface area contributed by atoms with Gasteiger partial charge in [0.25, 0.3) is 0 Å². The van der Waals surface area contributed by atoms with Crippen LogP contribution in [0.5, 0.6) is 0 Å². The number of rotatable bonds is 2. The van der Waals surface area contributed by atoms with Crippen LogP contribution >= 0.6 is 23.2 Å². The van der Waals surface area contributed by atoms with Crippen molar-refractivity contribution in [2.75, 3.05) is 0 Å². The average Bonchev–Trinajstić information content (AvgIpc) is 2.80. The van der Waals surface area contributed by atoms with Gasteiger partial charge in [-0.2, -0.15) is 0 Å². The van der Waals surface area contributed by atoms with Crippen LogP contribution in [-0.4, -0.2) is 6.09 Å². The van der Waals surface area contributed by atoms with Gasteiger partial charge >= 0.3 is 6.09 Å². The molecule has 2 aromatic rings. The first-order valence-corrected chi connectivity index (χ1v) is 6.98. The van der Waals surface area contributed by atoms with Crippen molar-refractivity contribution in [3.63, 3.8) is 0 Å². The van der Waals surface area contributed by atoms with Gasteiger partial charge in [0.15, 0.2) is 6.10 Å². The molecule has 1 fully saturated rings. The molecule has 3 nitrogen and oxygen atoms in total. The number of halogens is 3. The Bertz CT molecular complexity index is 708. The number of ether oxygens (including phenoxy) is 1. The predicted molar refractivity (Wildman–Crippen MR) is 78.0 cm³/mol.